The number of fused-ring (bicyclic) bond motifs is 1. The van der Waals surface area contributed by atoms with Crippen molar-refractivity contribution in [1.82, 2.24) is 30.1 Å². The molecule has 2 fully saturated rings. The number of nitrogens with one attached hydrogen (secondary N) is 1. The van der Waals surface area contributed by atoms with Gasteiger partial charge in [0.2, 0.25) is 0 Å². The normalized spacial score (nSPS) is 19.8. The van der Waals surface area contributed by atoms with Crippen LogP contribution in [0.5, 0.6) is 0 Å². The van der Waals surface area contributed by atoms with Gasteiger partial charge in [0.15, 0.2) is 9.84 Å². The quantitative estimate of drug-likeness (QED) is 0.590. The van der Waals surface area contributed by atoms with Gasteiger partial charge < -0.3 is 10.2 Å². The third-order valence-corrected chi connectivity index (χ3v) is 8.61. The van der Waals surface area contributed by atoms with Crippen LogP contribution in [0.4, 0.5) is 4.79 Å². The number of amides is 2. The van der Waals surface area contributed by atoms with Crippen LogP contribution in [-0.2, 0) is 16.4 Å². The predicted molar refractivity (Wildman–Crippen MR) is 126 cm³/mol. The second-order valence-corrected chi connectivity index (χ2v) is 11.9. The average molecular weight is 487 g/mol. The topological polar surface area (TPSA) is 108 Å². The third kappa shape index (κ3) is 4.44. The summed E-state index contributed by atoms with van der Waals surface area (Å²) >= 11 is 1.65. The number of carbonyl (C=O) groups excluding carboxylic acids is 1. The van der Waals surface area contributed by atoms with E-state index in [4.69, 9.17) is 0 Å². The van der Waals surface area contributed by atoms with Crippen LogP contribution in [0.25, 0.3) is 10.2 Å². The zero-order valence-corrected chi connectivity index (χ0v) is 20.2. The highest BCUT2D eigenvalue weighted by Crippen LogP contribution is 2.33. The number of urea groups is 1. The van der Waals surface area contributed by atoms with Crippen molar-refractivity contribution in [3.8, 4) is 0 Å². The summed E-state index contributed by atoms with van der Waals surface area (Å²) in [4.78, 5) is 29.6. The molecule has 0 saturated carbocycles. The lowest BCUT2D eigenvalue weighted by Gasteiger charge is -2.41. The Morgan fingerprint density at radius 1 is 1.18 bits per heavy atom. The van der Waals surface area contributed by atoms with Gasteiger partial charge >= 0.3 is 6.03 Å². The Kier molecular flexibility index (Phi) is 5.58. The van der Waals surface area contributed by atoms with E-state index >= 15 is 0 Å². The summed E-state index contributed by atoms with van der Waals surface area (Å²) in [7, 11) is -3.35. The number of hydrogen-bond donors (Lipinski definition) is 1. The van der Waals surface area contributed by atoms with E-state index in [1.807, 2.05) is 5.51 Å². The third-order valence-electron chi connectivity index (χ3n) is 6.73. The van der Waals surface area contributed by atoms with Gasteiger partial charge in [0.05, 0.1) is 27.8 Å². The first-order valence-corrected chi connectivity index (χ1v) is 13.6. The van der Waals surface area contributed by atoms with Crippen LogP contribution in [0.2, 0.25) is 0 Å². The molecule has 11 heteroatoms. The predicted octanol–water partition coefficient (Wildman–Crippen LogP) is 2.61. The Balaban J connectivity index is 1.21. The summed E-state index contributed by atoms with van der Waals surface area (Å²) in [5, 5.41) is 3.20. The van der Waals surface area contributed by atoms with Crippen molar-refractivity contribution in [3.63, 3.8) is 0 Å². The standard InChI is InChI=1S/C22H26N6O3S2/c1-15(16-3-4-19-18(9-16)25-14-32-19)27-7-5-22(6-8-27)13-28(21(29)26-22)12-20-23-10-17(11-24-20)33(2,30)31/h3-4,9-11,14-15H,5-8,12-13H2,1-2H3,(H,26,29)/t15-/m0/s1. The number of sulfone groups is 1. The molecular formula is C22H26N6O3S2. The van der Waals surface area contributed by atoms with Crippen molar-refractivity contribution in [3.05, 3.63) is 47.5 Å². The van der Waals surface area contributed by atoms with Gasteiger partial charge in [-0.25, -0.2) is 28.2 Å². The number of hydrogen-bond acceptors (Lipinski definition) is 8. The lowest BCUT2D eigenvalue weighted by atomic mass is 9.87. The maximum Gasteiger partial charge on any atom is 0.318 e. The summed E-state index contributed by atoms with van der Waals surface area (Å²) in [5.74, 6) is 0.429. The number of aromatic nitrogens is 3. The van der Waals surface area contributed by atoms with Crippen molar-refractivity contribution >= 4 is 37.4 Å². The molecule has 2 saturated heterocycles. The average Bonchev–Trinajstić information content (AvgIpc) is 3.37. The van der Waals surface area contributed by atoms with Crippen LogP contribution in [0.1, 0.15) is 37.2 Å². The van der Waals surface area contributed by atoms with Crippen molar-refractivity contribution in [2.24, 2.45) is 0 Å². The number of piperidine rings is 1. The first-order valence-electron chi connectivity index (χ1n) is 10.9. The van der Waals surface area contributed by atoms with Crippen LogP contribution in [0, 0.1) is 0 Å². The molecule has 1 atom stereocenters. The van der Waals surface area contributed by atoms with E-state index in [9.17, 15) is 13.2 Å². The number of nitrogens with zero attached hydrogens (tertiary/aromatic N) is 5. The number of benzene rings is 1. The summed E-state index contributed by atoms with van der Waals surface area (Å²) in [6.45, 7) is 4.86. The molecule has 174 valence electrons. The van der Waals surface area contributed by atoms with Crippen molar-refractivity contribution in [2.75, 3.05) is 25.9 Å². The summed E-state index contributed by atoms with van der Waals surface area (Å²) in [6.07, 6.45) is 5.45. The van der Waals surface area contributed by atoms with Gasteiger partial charge in [0.25, 0.3) is 0 Å². The Bertz CT molecular complexity index is 1280. The Morgan fingerprint density at radius 2 is 1.91 bits per heavy atom. The molecule has 9 nitrogen and oxygen atoms in total. The van der Waals surface area contributed by atoms with Gasteiger partial charge in [0, 0.05) is 44.3 Å². The van der Waals surface area contributed by atoms with Gasteiger partial charge in [-0.1, -0.05) is 6.07 Å². The van der Waals surface area contributed by atoms with Crippen molar-refractivity contribution in [2.45, 2.75) is 42.8 Å². The Morgan fingerprint density at radius 3 is 2.61 bits per heavy atom. The zero-order valence-electron chi connectivity index (χ0n) is 18.6. The van der Waals surface area contributed by atoms with Gasteiger partial charge in [-0.05, 0) is 37.5 Å². The Hall–Kier alpha value is -2.63. The highest BCUT2D eigenvalue weighted by Gasteiger charge is 2.45. The minimum atomic E-state index is -3.35. The van der Waals surface area contributed by atoms with E-state index in [0.29, 0.717) is 12.4 Å². The molecule has 1 spiro atoms. The van der Waals surface area contributed by atoms with E-state index in [1.165, 1.54) is 22.7 Å². The molecule has 2 amide bonds. The first kappa shape index (κ1) is 22.2. The van der Waals surface area contributed by atoms with Gasteiger partial charge in [-0.3, -0.25) is 4.90 Å². The zero-order chi connectivity index (χ0) is 23.2. The monoisotopic (exact) mass is 486 g/mol. The molecule has 0 unspecified atom stereocenters. The van der Waals surface area contributed by atoms with E-state index in [1.54, 1.807) is 16.2 Å². The largest absolute Gasteiger partial charge is 0.331 e. The highest BCUT2D eigenvalue weighted by atomic mass is 32.2. The van der Waals surface area contributed by atoms with Crippen molar-refractivity contribution in [1.29, 1.82) is 0 Å². The number of likely N-dealkylation sites (tertiary alicyclic amines) is 1. The molecule has 1 N–H and O–H groups in total. The fraction of sp³-hybridized carbons (Fsp3) is 0.455. The number of rotatable bonds is 5. The Labute approximate surface area is 196 Å². The summed E-state index contributed by atoms with van der Waals surface area (Å²) in [5.41, 5.74) is 3.93. The van der Waals surface area contributed by atoms with E-state index in [-0.39, 0.29) is 29.1 Å². The lowest BCUT2D eigenvalue weighted by molar-refractivity contribution is 0.115. The number of thiazole rings is 1. The van der Waals surface area contributed by atoms with E-state index in [0.717, 1.165) is 37.7 Å². The maximum absolute atomic E-state index is 12.7. The fourth-order valence-electron chi connectivity index (χ4n) is 4.67. The molecule has 4 heterocycles. The lowest BCUT2D eigenvalue weighted by Crippen LogP contribution is -2.52. The molecule has 0 aliphatic carbocycles. The summed E-state index contributed by atoms with van der Waals surface area (Å²) in [6, 6.07) is 6.66. The second kappa shape index (κ2) is 8.30. The molecule has 1 aromatic carbocycles. The SMILES string of the molecule is C[C@@H](c1ccc2scnc2c1)N1CCC2(CC1)CN(Cc1ncc(S(C)(=O)=O)cn1)C(=O)N2. The van der Waals surface area contributed by atoms with Gasteiger partial charge in [0.1, 0.15) is 10.7 Å². The molecule has 33 heavy (non-hydrogen) atoms. The fourth-order valence-corrected chi connectivity index (χ4v) is 5.81. The molecule has 0 bridgehead atoms. The number of carbonyl (C=O) groups is 1. The molecular weight excluding hydrogens is 460 g/mol. The van der Waals surface area contributed by atoms with Crippen LogP contribution < -0.4 is 5.32 Å². The summed E-state index contributed by atoms with van der Waals surface area (Å²) < 4.78 is 24.4. The highest BCUT2D eigenvalue weighted by molar-refractivity contribution is 7.90. The van der Waals surface area contributed by atoms with Gasteiger partial charge in [-0.2, -0.15) is 0 Å². The smallest absolute Gasteiger partial charge is 0.318 e. The van der Waals surface area contributed by atoms with E-state index in [2.05, 4.69) is 50.3 Å². The van der Waals surface area contributed by atoms with Crippen LogP contribution in [0.3, 0.4) is 0 Å². The van der Waals surface area contributed by atoms with Crippen LogP contribution >= 0.6 is 11.3 Å². The molecule has 3 aromatic rings. The van der Waals surface area contributed by atoms with Crippen LogP contribution in [0.15, 0.2) is 41.0 Å². The molecule has 2 aliphatic heterocycles. The molecule has 0 radical (unpaired) electrons. The van der Waals surface area contributed by atoms with E-state index < -0.39 is 9.84 Å². The van der Waals surface area contributed by atoms with Crippen molar-refractivity contribution < 1.29 is 13.2 Å². The minimum Gasteiger partial charge on any atom is -0.331 e. The van der Waals surface area contributed by atoms with Gasteiger partial charge in [-0.15, -0.1) is 11.3 Å². The second-order valence-electron chi connectivity index (χ2n) is 8.97. The van der Waals surface area contributed by atoms with Crippen LogP contribution in [-0.4, -0.2) is 70.6 Å². The molecule has 2 aliphatic rings. The minimum absolute atomic E-state index is 0.0732. The molecule has 5 rings (SSSR count). The molecule has 2 aromatic heterocycles. The maximum atomic E-state index is 12.7. The first-order chi connectivity index (χ1) is 15.7.